The molecule has 3 aromatic carbocycles. The van der Waals surface area contributed by atoms with E-state index in [2.05, 4.69) is 15.6 Å². The molecule has 3 aliphatic heterocycles. The Morgan fingerprint density at radius 3 is 2.61 bits per heavy atom. The van der Waals surface area contributed by atoms with Gasteiger partial charge in [-0.2, -0.15) is 0 Å². The van der Waals surface area contributed by atoms with Gasteiger partial charge in [0.05, 0.1) is 36.9 Å². The molecule has 12 nitrogen and oxygen atoms in total. The van der Waals surface area contributed by atoms with Gasteiger partial charge in [-0.1, -0.05) is 30.3 Å². The number of aryl methyl sites for hydroxylation is 2. The molecule has 3 amide bonds. The number of para-hydroxylation sites is 1. The number of ether oxygens (including phenoxy) is 3. The van der Waals surface area contributed by atoms with Crippen LogP contribution in [0.15, 0.2) is 77.9 Å². The van der Waals surface area contributed by atoms with Gasteiger partial charge >= 0.3 is 0 Å². The van der Waals surface area contributed by atoms with Gasteiger partial charge in [-0.25, -0.2) is 4.98 Å². The maximum atomic E-state index is 13.4. The molecule has 1 saturated heterocycles. The van der Waals surface area contributed by atoms with E-state index in [1.165, 1.54) is 18.0 Å². The minimum atomic E-state index is -0.494. The van der Waals surface area contributed by atoms with E-state index in [1.807, 2.05) is 24.3 Å². The second kappa shape index (κ2) is 13.7. The van der Waals surface area contributed by atoms with E-state index in [-0.39, 0.29) is 62.4 Å². The van der Waals surface area contributed by atoms with Crippen LogP contribution in [0, 0.1) is 0 Å². The first-order valence-corrected chi connectivity index (χ1v) is 15.2. The second-order valence-corrected chi connectivity index (χ2v) is 11.3. The molecule has 238 valence electrons. The van der Waals surface area contributed by atoms with Crippen molar-refractivity contribution in [3.05, 3.63) is 94.5 Å². The summed E-state index contributed by atoms with van der Waals surface area (Å²) in [5, 5.41) is 6.42. The quantitative estimate of drug-likeness (QED) is 0.352. The third kappa shape index (κ3) is 7.12. The van der Waals surface area contributed by atoms with Gasteiger partial charge in [-0.3, -0.25) is 23.7 Å². The number of nitrogens with zero attached hydrogens (tertiary/aromatic N) is 3. The molecule has 4 heterocycles. The third-order valence-corrected chi connectivity index (χ3v) is 8.19. The number of hydrogen-bond acceptors (Lipinski definition) is 8. The Morgan fingerprint density at radius 2 is 1.78 bits per heavy atom. The number of amides is 3. The minimum Gasteiger partial charge on any atom is -0.493 e. The molecule has 0 unspecified atom stereocenters. The molecule has 0 radical (unpaired) electrons. The molecule has 1 fully saturated rings. The zero-order valence-electron chi connectivity index (χ0n) is 25.4. The minimum absolute atomic E-state index is 0.0929. The fraction of sp³-hybridized carbons (Fsp3) is 0.324. The molecule has 0 aliphatic carbocycles. The van der Waals surface area contributed by atoms with Crippen LogP contribution in [-0.4, -0.2) is 71.1 Å². The van der Waals surface area contributed by atoms with Crippen molar-refractivity contribution in [2.75, 3.05) is 26.8 Å². The number of fused-ring (bicyclic) bond motifs is 10. The van der Waals surface area contributed by atoms with Gasteiger partial charge in [-0.05, 0) is 53.9 Å². The van der Waals surface area contributed by atoms with E-state index in [1.54, 1.807) is 47.4 Å². The summed E-state index contributed by atoms with van der Waals surface area (Å²) in [4.78, 5) is 57.9. The van der Waals surface area contributed by atoms with Crippen LogP contribution < -0.4 is 30.4 Å². The molecule has 3 aliphatic rings. The Kier molecular flexibility index (Phi) is 9.13. The first-order valence-electron chi connectivity index (χ1n) is 15.2. The summed E-state index contributed by atoms with van der Waals surface area (Å²) in [6.07, 6.45) is 1.68. The Hall–Kier alpha value is -5.39. The number of hydrogen-bond donors (Lipinski definition) is 2. The molecule has 4 aromatic rings. The Morgan fingerprint density at radius 1 is 0.978 bits per heavy atom. The predicted octanol–water partition coefficient (Wildman–Crippen LogP) is 2.21. The zero-order chi connectivity index (χ0) is 32.0. The highest BCUT2D eigenvalue weighted by Crippen LogP contribution is 2.29. The zero-order valence-corrected chi connectivity index (χ0v) is 25.4. The van der Waals surface area contributed by atoms with Crippen molar-refractivity contribution in [1.29, 1.82) is 0 Å². The lowest BCUT2D eigenvalue weighted by Gasteiger charge is -2.21. The Bertz CT molecular complexity index is 1810. The van der Waals surface area contributed by atoms with Crippen molar-refractivity contribution in [3.8, 4) is 17.2 Å². The largest absolute Gasteiger partial charge is 0.493 e. The smallest absolute Gasteiger partial charge is 0.261 e. The molecule has 7 rings (SSSR count). The van der Waals surface area contributed by atoms with Gasteiger partial charge in [-0.15, -0.1) is 0 Å². The molecule has 4 bridgehead atoms. The summed E-state index contributed by atoms with van der Waals surface area (Å²) < 4.78 is 18.9. The van der Waals surface area contributed by atoms with Crippen LogP contribution in [-0.2, 0) is 33.9 Å². The van der Waals surface area contributed by atoms with E-state index >= 15 is 0 Å². The number of benzene rings is 3. The number of rotatable bonds is 4. The number of aromatic nitrogens is 2. The van der Waals surface area contributed by atoms with Gasteiger partial charge in [0, 0.05) is 32.5 Å². The number of carbonyl (C=O) groups excluding carboxylic acids is 3. The van der Waals surface area contributed by atoms with Crippen LogP contribution in [0.2, 0.25) is 0 Å². The SMILES string of the molecule is COc1ccc2cc1OCC(=O)NCc1ccc(cc1)O[C@H]1CN(C(=O)CCn3cnc4ccccc4c3=O)C[C@@H]1NC(=O)CC2. The summed E-state index contributed by atoms with van der Waals surface area (Å²) >= 11 is 0. The molecule has 2 atom stereocenters. The molecule has 0 spiro atoms. The van der Waals surface area contributed by atoms with Crippen LogP contribution in [0.25, 0.3) is 10.9 Å². The van der Waals surface area contributed by atoms with Crippen molar-refractivity contribution in [3.63, 3.8) is 0 Å². The van der Waals surface area contributed by atoms with E-state index in [4.69, 9.17) is 14.2 Å². The average Bonchev–Trinajstić information content (AvgIpc) is 3.47. The third-order valence-electron chi connectivity index (χ3n) is 8.19. The monoisotopic (exact) mass is 625 g/mol. The first-order chi connectivity index (χ1) is 22.4. The van der Waals surface area contributed by atoms with Gasteiger partial charge in [0.25, 0.3) is 11.5 Å². The number of carbonyl (C=O) groups is 3. The van der Waals surface area contributed by atoms with Crippen molar-refractivity contribution < 1.29 is 28.6 Å². The average molecular weight is 626 g/mol. The lowest BCUT2D eigenvalue weighted by atomic mass is 10.1. The van der Waals surface area contributed by atoms with Crippen LogP contribution in [0.3, 0.4) is 0 Å². The summed E-state index contributed by atoms with van der Waals surface area (Å²) in [5.41, 5.74) is 2.12. The van der Waals surface area contributed by atoms with Crippen LogP contribution in [0.1, 0.15) is 24.0 Å². The van der Waals surface area contributed by atoms with Gasteiger partial charge < -0.3 is 29.7 Å². The van der Waals surface area contributed by atoms with Crippen LogP contribution >= 0.6 is 0 Å². The van der Waals surface area contributed by atoms with Crippen molar-refractivity contribution in [1.82, 2.24) is 25.1 Å². The van der Waals surface area contributed by atoms with Crippen LogP contribution in [0.4, 0.5) is 0 Å². The van der Waals surface area contributed by atoms with E-state index in [9.17, 15) is 19.2 Å². The van der Waals surface area contributed by atoms with Gasteiger partial charge in [0.1, 0.15) is 11.9 Å². The second-order valence-electron chi connectivity index (χ2n) is 11.3. The fourth-order valence-corrected chi connectivity index (χ4v) is 5.66. The normalized spacial score (nSPS) is 18.7. The highest BCUT2D eigenvalue weighted by molar-refractivity contribution is 5.79. The van der Waals surface area contributed by atoms with Crippen molar-refractivity contribution in [2.45, 2.75) is 44.5 Å². The van der Waals surface area contributed by atoms with E-state index < -0.39 is 12.1 Å². The van der Waals surface area contributed by atoms with Gasteiger partial charge in [0.2, 0.25) is 11.8 Å². The molecule has 46 heavy (non-hydrogen) atoms. The lowest BCUT2D eigenvalue weighted by molar-refractivity contribution is -0.131. The highest BCUT2D eigenvalue weighted by atomic mass is 16.5. The molecular weight excluding hydrogens is 590 g/mol. The molecule has 0 saturated carbocycles. The maximum Gasteiger partial charge on any atom is 0.261 e. The number of nitrogens with one attached hydrogen (secondary N) is 2. The van der Waals surface area contributed by atoms with Gasteiger partial charge in [0.15, 0.2) is 18.1 Å². The van der Waals surface area contributed by atoms with Crippen molar-refractivity contribution >= 4 is 28.6 Å². The predicted molar refractivity (Wildman–Crippen MR) is 169 cm³/mol. The van der Waals surface area contributed by atoms with Crippen molar-refractivity contribution in [2.24, 2.45) is 0 Å². The van der Waals surface area contributed by atoms with E-state index in [0.717, 1.165) is 11.1 Å². The highest BCUT2D eigenvalue weighted by Gasteiger charge is 2.37. The first kappa shape index (κ1) is 30.6. The number of methoxy groups -OCH3 is 1. The van der Waals surface area contributed by atoms with E-state index in [0.29, 0.717) is 41.1 Å². The van der Waals surface area contributed by atoms with Crippen LogP contribution in [0.5, 0.6) is 17.2 Å². The summed E-state index contributed by atoms with van der Waals surface area (Å²) in [6, 6.07) is 19.3. The number of likely N-dealkylation sites (tertiary alicyclic amines) is 1. The molecule has 2 N–H and O–H groups in total. The lowest BCUT2D eigenvalue weighted by Crippen LogP contribution is -2.45. The standard InChI is InChI=1S/C34H35N5O7/c1-44-28-12-8-22-9-13-31(40)37-27-18-39(33(42)14-15-38-21-36-26-5-3-2-4-25(26)34(38)43)19-30(27)46-24-10-6-23(7-11-24)17-35-32(41)20-45-29(28)16-22/h2-8,10-12,16,21,27,30H,9,13-15,17-20H2,1H3,(H,35,41)(H,37,40)/t27-,30-/m0/s1. The Labute approximate surface area is 265 Å². The Balaban J connectivity index is 1.18. The summed E-state index contributed by atoms with van der Waals surface area (Å²) in [5.74, 6) is 0.847. The molecular formula is C34H35N5O7. The summed E-state index contributed by atoms with van der Waals surface area (Å²) in [6.45, 7) is 0.840. The summed E-state index contributed by atoms with van der Waals surface area (Å²) in [7, 11) is 1.52. The molecule has 12 heteroatoms. The maximum absolute atomic E-state index is 13.4. The topological polar surface area (TPSA) is 141 Å². The fourth-order valence-electron chi connectivity index (χ4n) is 5.66. The molecule has 1 aromatic heterocycles.